The highest BCUT2D eigenvalue weighted by Gasteiger charge is 2.07. The molecule has 2 heteroatoms. The van der Waals surface area contributed by atoms with Gasteiger partial charge in [0.1, 0.15) is 6.10 Å². The molecule has 0 aliphatic rings. The minimum Gasteiger partial charge on any atom is -0.376 e. The fourth-order valence-electron chi connectivity index (χ4n) is 2.33. The van der Waals surface area contributed by atoms with Crippen LogP contribution in [0.25, 0.3) is 0 Å². The summed E-state index contributed by atoms with van der Waals surface area (Å²) < 4.78 is 0. The van der Waals surface area contributed by atoms with Crippen LogP contribution in [0, 0.1) is 35.5 Å². The Hall–Kier alpha value is -3.41. The second kappa shape index (κ2) is 9.33. The number of aliphatic hydroxyl groups excluding tert-OH is 1. The Morgan fingerprint density at radius 1 is 0.667 bits per heavy atom. The molecule has 1 atom stereocenters. The Bertz CT molecular complexity index is 1100. The third-order valence-electron chi connectivity index (χ3n) is 3.69. The Kier molecular flexibility index (Phi) is 6.35. The first-order valence-electron chi connectivity index (χ1n) is 8.33. The van der Waals surface area contributed by atoms with Gasteiger partial charge in [0.2, 0.25) is 0 Å². The average Bonchev–Trinajstić information content (AvgIpc) is 2.72. The van der Waals surface area contributed by atoms with Crippen LogP contribution in [0.5, 0.6) is 0 Å². The van der Waals surface area contributed by atoms with Crippen molar-refractivity contribution in [3.05, 3.63) is 106 Å². The molecule has 1 unspecified atom stereocenters. The highest BCUT2D eigenvalue weighted by molar-refractivity contribution is 6.30. The lowest BCUT2D eigenvalue weighted by Gasteiger charge is -2.05. The molecule has 0 aromatic heterocycles. The van der Waals surface area contributed by atoms with Crippen molar-refractivity contribution in [3.63, 3.8) is 0 Å². The summed E-state index contributed by atoms with van der Waals surface area (Å²) in [7, 11) is 0. The Morgan fingerprint density at radius 2 is 1.33 bits per heavy atom. The molecule has 0 amide bonds. The van der Waals surface area contributed by atoms with E-state index in [1.165, 1.54) is 0 Å². The number of benzene rings is 3. The first kappa shape index (κ1) is 18.4. The van der Waals surface area contributed by atoms with Crippen molar-refractivity contribution in [2.75, 3.05) is 0 Å². The van der Waals surface area contributed by atoms with E-state index in [0.717, 1.165) is 16.7 Å². The lowest BCUT2D eigenvalue weighted by Crippen LogP contribution is -1.97. The summed E-state index contributed by atoms with van der Waals surface area (Å²) in [6, 6.07) is 24.3. The number of halogens is 1. The largest absolute Gasteiger partial charge is 0.376 e. The van der Waals surface area contributed by atoms with Gasteiger partial charge in [-0.15, -0.1) is 0 Å². The standard InChI is InChI=1S/C25H15ClO/c26-23-18-15-21(16-19-23)10-4-7-13-25(27)24-12-6-5-11-22(24)17-14-20-8-2-1-3-9-20/h1-3,5-6,8-9,11-12,15-16,18-19,25,27H. The molecule has 3 aromatic carbocycles. The van der Waals surface area contributed by atoms with Crippen molar-refractivity contribution in [1.82, 2.24) is 0 Å². The molecule has 0 aliphatic heterocycles. The van der Waals surface area contributed by atoms with Crippen LogP contribution in [-0.2, 0) is 0 Å². The van der Waals surface area contributed by atoms with Crippen molar-refractivity contribution in [1.29, 1.82) is 0 Å². The molecule has 27 heavy (non-hydrogen) atoms. The predicted octanol–water partition coefficient (Wildman–Crippen LogP) is 4.83. The molecule has 1 nitrogen and oxygen atoms in total. The third-order valence-corrected chi connectivity index (χ3v) is 3.95. The van der Waals surface area contributed by atoms with Gasteiger partial charge in [-0.2, -0.15) is 0 Å². The number of rotatable bonds is 1. The van der Waals surface area contributed by atoms with Crippen molar-refractivity contribution >= 4 is 11.6 Å². The van der Waals surface area contributed by atoms with Gasteiger partial charge >= 0.3 is 0 Å². The van der Waals surface area contributed by atoms with Gasteiger partial charge in [0.25, 0.3) is 0 Å². The van der Waals surface area contributed by atoms with Crippen LogP contribution in [0.15, 0.2) is 78.9 Å². The second-order valence-corrected chi connectivity index (χ2v) is 6.07. The van der Waals surface area contributed by atoms with E-state index in [2.05, 4.69) is 35.5 Å². The zero-order chi connectivity index (χ0) is 18.9. The molecule has 0 aliphatic carbocycles. The number of aliphatic hydroxyl groups is 1. The fourth-order valence-corrected chi connectivity index (χ4v) is 2.46. The molecular weight excluding hydrogens is 352 g/mol. The zero-order valence-corrected chi connectivity index (χ0v) is 15.2. The lowest BCUT2D eigenvalue weighted by atomic mass is 10.0. The molecule has 0 saturated heterocycles. The van der Waals surface area contributed by atoms with Crippen LogP contribution in [0.2, 0.25) is 5.02 Å². The van der Waals surface area contributed by atoms with Crippen molar-refractivity contribution < 1.29 is 5.11 Å². The predicted molar refractivity (Wildman–Crippen MR) is 110 cm³/mol. The molecular formula is C25H15ClO. The van der Waals surface area contributed by atoms with Crippen molar-refractivity contribution in [2.24, 2.45) is 0 Å². The molecule has 0 bridgehead atoms. The Morgan fingerprint density at radius 3 is 2.11 bits per heavy atom. The van der Waals surface area contributed by atoms with E-state index >= 15 is 0 Å². The highest BCUT2D eigenvalue weighted by Crippen LogP contribution is 2.16. The van der Waals surface area contributed by atoms with E-state index in [9.17, 15) is 5.11 Å². The first-order valence-corrected chi connectivity index (χ1v) is 8.71. The normalized spacial score (nSPS) is 10.3. The van der Waals surface area contributed by atoms with Crippen molar-refractivity contribution in [2.45, 2.75) is 6.10 Å². The second-order valence-electron chi connectivity index (χ2n) is 5.63. The van der Waals surface area contributed by atoms with Crippen LogP contribution in [0.1, 0.15) is 28.4 Å². The zero-order valence-electron chi connectivity index (χ0n) is 14.4. The molecule has 128 valence electrons. The van der Waals surface area contributed by atoms with Gasteiger partial charge in [0, 0.05) is 27.3 Å². The van der Waals surface area contributed by atoms with E-state index in [1.54, 1.807) is 12.1 Å². The number of hydrogen-bond donors (Lipinski definition) is 1. The topological polar surface area (TPSA) is 20.2 Å². The SMILES string of the molecule is OC(C#CC#Cc1ccc(Cl)cc1)c1ccccc1C#Cc1ccccc1. The molecule has 1 N–H and O–H groups in total. The van der Waals surface area contributed by atoms with Crippen LogP contribution >= 0.6 is 11.6 Å². The summed E-state index contributed by atoms with van der Waals surface area (Å²) in [6.07, 6.45) is -0.953. The lowest BCUT2D eigenvalue weighted by molar-refractivity contribution is 0.238. The van der Waals surface area contributed by atoms with E-state index in [1.807, 2.05) is 66.7 Å². The van der Waals surface area contributed by atoms with Gasteiger partial charge < -0.3 is 5.11 Å². The molecule has 0 spiro atoms. The summed E-state index contributed by atoms with van der Waals surface area (Å²) in [5.74, 6) is 17.3. The van der Waals surface area contributed by atoms with E-state index in [0.29, 0.717) is 10.6 Å². The third kappa shape index (κ3) is 5.54. The summed E-state index contributed by atoms with van der Waals surface area (Å²) in [6.45, 7) is 0. The van der Waals surface area contributed by atoms with Gasteiger partial charge in [-0.25, -0.2) is 0 Å². The average molecular weight is 367 g/mol. The summed E-state index contributed by atoms with van der Waals surface area (Å²) in [5.41, 5.74) is 3.15. The van der Waals surface area contributed by atoms with Crippen molar-refractivity contribution in [3.8, 4) is 35.5 Å². The van der Waals surface area contributed by atoms with Gasteiger partial charge in [-0.05, 0) is 54.3 Å². The van der Waals surface area contributed by atoms with E-state index < -0.39 is 6.10 Å². The molecule has 3 rings (SSSR count). The quantitative estimate of drug-likeness (QED) is 0.612. The van der Waals surface area contributed by atoms with Gasteiger partial charge in [-0.3, -0.25) is 0 Å². The van der Waals surface area contributed by atoms with Gasteiger partial charge in [0.05, 0.1) is 0 Å². The maximum atomic E-state index is 10.4. The minimum atomic E-state index is -0.953. The van der Waals surface area contributed by atoms with Gasteiger partial charge in [-0.1, -0.05) is 71.7 Å². The van der Waals surface area contributed by atoms with Crippen LogP contribution in [0.3, 0.4) is 0 Å². The van der Waals surface area contributed by atoms with Crippen LogP contribution in [-0.4, -0.2) is 5.11 Å². The maximum absolute atomic E-state index is 10.4. The molecule has 0 fully saturated rings. The van der Waals surface area contributed by atoms with E-state index in [-0.39, 0.29) is 0 Å². The molecule has 3 aromatic rings. The van der Waals surface area contributed by atoms with Gasteiger partial charge in [0.15, 0.2) is 0 Å². The Labute approximate surface area is 164 Å². The summed E-state index contributed by atoms with van der Waals surface area (Å²) >= 11 is 5.84. The first-order chi connectivity index (χ1) is 13.2. The Balaban J connectivity index is 1.78. The van der Waals surface area contributed by atoms with E-state index in [4.69, 9.17) is 11.6 Å². The smallest absolute Gasteiger partial charge is 0.142 e. The monoisotopic (exact) mass is 366 g/mol. The minimum absolute atomic E-state index is 0.662. The molecule has 0 radical (unpaired) electrons. The van der Waals surface area contributed by atoms with Crippen LogP contribution < -0.4 is 0 Å². The van der Waals surface area contributed by atoms with Crippen LogP contribution in [0.4, 0.5) is 0 Å². The molecule has 0 saturated carbocycles. The highest BCUT2D eigenvalue weighted by atomic mass is 35.5. The number of hydrogen-bond acceptors (Lipinski definition) is 1. The fraction of sp³-hybridized carbons (Fsp3) is 0.0400. The summed E-state index contributed by atoms with van der Waals surface area (Å²) in [5, 5.41) is 11.1. The summed E-state index contributed by atoms with van der Waals surface area (Å²) in [4.78, 5) is 0. The maximum Gasteiger partial charge on any atom is 0.142 e. The molecule has 0 heterocycles.